The van der Waals surface area contributed by atoms with E-state index in [2.05, 4.69) is 22.7 Å². The lowest BCUT2D eigenvalue weighted by molar-refractivity contribution is 0.293. The first-order valence-electron chi connectivity index (χ1n) is 6.66. The van der Waals surface area contributed by atoms with Crippen LogP contribution in [0.4, 0.5) is 11.6 Å². The summed E-state index contributed by atoms with van der Waals surface area (Å²) >= 11 is 12.1. The molecule has 6 heteroatoms. The van der Waals surface area contributed by atoms with Gasteiger partial charge in [0.15, 0.2) is 5.82 Å². The van der Waals surface area contributed by atoms with Crippen molar-refractivity contribution in [2.24, 2.45) is 17.7 Å². The monoisotopic (exact) mass is 302 g/mol. The van der Waals surface area contributed by atoms with Crippen molar-refractivity contribution in [2.75, 3.05) is 17.3 Å². The van der Waals surface area contributed by atoms with Crippen molar-refractivity contribution < 1.29 is 0 Å². The van der Waals surface area contributed by atoms with Crippen LogP contribution in [0.2, 0.25) is 10.0 Å². The summed E-state index contributed by atoms with van der Waals surface area (Å²) in [4.78, 5) is 4.28. The van der Waals surface area contributed by atoms with Gasteiger partial charge in [-0.25, -0.2) is 10.8 Å². The molecule has 1 fully saturated rings. The van der Waals surface area contributed by atoms with Gasteiger partial charge in [-0.3, -0.25) is 0 Å². The van der Waals surface area contributed by atoms with Gasteiger partial charge in [-0.2, -0.15) is 0 Å². The van der Waals surface area contributed by atoms with Crippen LogP contribution in [-0.2, 0) is 0 Å². The second-order valence-electron chi connectivity index (χ2n) is 5.31. The molecule has 0 spiro atoms. The van der Waals surface area contributed by atoms with Crippen LogP contribution in [0.5, 0.6) is 0 Å². The van der Waals surface area contributed by atoms with Crippen LogP contribution in [0, 0.1) is 11.8 Å². The first kappa shape index (κ1) is 14.7. The number of halogens is 2. The highest BCUT2D eigenvalue weighted by molar-refractivity contribution is 6.37. The Bertz CT molecular complexity index is 439. The second-order valence-corrected chi connectivity index (χ2v) is 6.13. The number of rotatable bonds is 4. The predicted octanol–water partition coefficient (Wildman–Crippen LogP) is 3.91. The molecule has 0 bridgehead atoms. The Morgan fingerprint density at radius 1 is 1.32 bits per heavy atom. The lowest BCUT2D eigenvalue weighted by Crippen LogP contribution is -2.21. The first-order valence-corrected chi connectivity index (χ1v) is 7.42. The van der Waals surface area contributed by atoms with Gasteiger partial charge in [0.05, 0.1) is 10.0 Å². The number of nitrogens with one attached hydrogen (secondary N) is 2. The van der Waals surface area contributed by atoms with E-state index in [1.807, 2.05) is 0 Å². The topological polar surface area (TPSA) is 63.0 Å². The first-order chi connectivity index (χ1) is 9.10. The molecule has 0 aromatic carbocycles. The van der Waals surface area contributed by atoms with E-state index in [0.29, 0.717) is 27.6 Å². The molecular formula is C13H20Cl2N4. The summed E-state index contributed by atoms with van der Waals surface area (Å²) in [5.74, 6) is 7.93. The zero-order chi connectivity index (χ0) is 13.8. The minimum absolute atomic E-state index is 0.421. The van der Waals surface area contributed by atoms with Crippen molar-refractivity contribution in [1.29, 1.82) is 0 Å². The standard InChI is InChI=1S/C13H20Cl2N4/c1-8-3-2-4-9(5-8)7-17-12-10(14)6-11(15)13(18-12)19-16/h6,8-9H,2-5,7,16H2,1H3,(H2,17,18,19). The fourth-order valence-corrected chi connectivity index (χ4v) is 3.16. The molecule has 2 rings (SSSR count). The molecule has 19 heavy (non-hydrogen) atoms. The third-order valence-electron chi connectivity index (χ3n) is 3.67. The minimum Gasteiger partial charge on any atom is -0.368 e. The van der Waals surface area contributed by atoms with Crippen molar-refractivity contribution in [3.8, 4) is 0 Å². The Morgan fingerprint density at radius 3 is 2.74 bits per heavy atom. The van der Waals surface area contributed by atoms with Gasteiger partial charge in [-0.05, 0) is 30.7 Å². The molecule has 2 atom stereocenters. The molecule has 1 aromatic heterocycles. The SMILES string of the molecule is CC1CCCC(CNc2nc(NN)c(Cl)cc2Cl)C1. The number of nitrogen functional groups attached to an aromatic ring is 1. The molecule has 1 heterocycles. The fraction of sp³-hybridized carbons (Fsp3) is 0.615. The van der Waals surface area contributed by atoms with Gasteiger partial charge >= 0.3 is 0 Å². The van der Waals surface area contributed by atoms with Gasteiger partial charge in [-0.15, -0.1) is 0 Å². The van der Waals surface area contributed by atoms with Crippen LogP contribution >= 0.6 is 23.2 Å². The average molecular weight is 303 g/mol. The molecule has 1 aromatic rings. The van der Waals surface area contributed by atoms with Gasteiger partial charge in [0.1, 0.15) is 5.82 Å². The molecule has 4 nitrogen and oxygen atoms in total. The van der Waals surface area contributed by atoms with Gasteiger partial charge in [-0.1, -0.05) is 43.0 Å². The summed E-state index contributed by atoms with van der Waals surface area (Å²) in [5, 5.41) is 4.25. The zero-order valence-corrected chi connectivity index (χ0v) is 12.6. The van der Waals surface area contributed by atoms with Gasteiger partial charge in [0.25, 0.3) is 0 Å². The molecule has 2 unspecified atom stereocenters. The predicted molar refractivity (Wildman–Crippen MR) is 81.7 cm³/mol. The smallest absolute Gasteiger partial charge is 0.161 e. The largest absolute Gasteiger partial charge is 0.368 e. The van der Waals surface area contributed by atoms with Crippen molar-refractivity contribution in [2.45, 2.75) is 32.6 Å². The van der Waals surface area contributed by atoms with Crippen LogP contribution in [0.3, 0.4) is 0 Å². The summed E-state index contributed by atoms with van der Waals surface area (Å²) in [6.45, 7) is 3.21. The highest BCUT2D eigenvalue weighted by atomic mass is 35.5. The van der Waals surface area contributed by atoms with Crippen molar-refractivity contribution in [3.63, 3.8) is 0 Å². The van der Waals surface area contributed by atoms with Crippen molar-refractivity contribution in [1.82, 2.24) is 4.98 Å². The number of anilines is 2. The lowest BCUT2D eigenvalue weighted by atomic mass is 9.82. The number of hydrazine groups is 1. The molecule has 1 aliphatic carbocycles. The molecule has 4 N–H and O–H groups in total. The number of hydrogen-bond donors (Lipinski definition) is 3. The van der Waals surface area contributed by atoms with Crippen molar-refractivity contribution >= 4 is 34.8 Å². The second kappa shape index (κ2) is 6.64. The summed E-state index contributed by atoms with van der Waals surface area (Å²) in [6, 6.07) is 1.65. The Morgan fingerprint density at radius 2 is 2.05 bits per heavy atom. The highest BCUT2D eigenvalue weighted by Gasteiger charge is 2.19. The zero-order valence-electron chi connectivity index (χ0n) is 11.0. The number of hydrogen-bond acceptors (Lipinski definition) is 4. The van der Waals surface area contributed by atoms with Crippen LogP contribution in [0.1, 0.15) is 32.6 Å². The Kier molecular flexibility index (Phi) is 5.13. The lowest BCUT2D eigenvalue weighted by Gasteiger charge is -2.27. The molecule has 0 amide bonds. The number of nitrogens with two attached hydrogens (primary N) is 1. The van der Waals surface area contributed by atoms with Gasteiger partial charge < -0.3 is 10.7 Å². The summed E-state index contributed by atoms with van der Waals surface area (Å²) in [6.07, 6.45) is 5.19. The molecular weight excluding hydrogens is 283 g/mol. The summed E-state index contributed by atoms with van der Waals surface area (Å²) in [7, 11) is 0. The summed E-state index contributed by atoms with van der Waals surface area (Å²) in [5.41, 5.74) is 2.47. The fourth-order valence-electron chi connectivity index (χ4n) is 2.68. The molecule has 0 aliphatic heterocycles. The van der Waals surface area contributed by atoms with E-state index in [-0.39, 0.29) is 0 Å². The molecule has 106 valence electrons. The highest BCUT2D eigenvalue weighted by Crippen LogP contribution is 2.31. The number of pyridine rings is 1. The maximum atomic E-state index is 6.13. The van der Waals surface area contributed by atoms with E-state index in [1.54, 1.807) is 6.07 Å². The van der Waals surface area contributed by atoms with Crippen molar-refractivity contribution in [3.05, 3.63) is 16.1 Å². The van der Waals surface area contributed by atoms with Crippen LogP contribution < -0.4 is 16.6 Å². The third-order valence-corrected chi connectivity index (χ3v) is 4.25. The average Bonchev–Trinajstić information content (AvgIpc) is 2.38. The minimum atomic E-state index is 0.421. The van der Waals surface area contributed by atoms with E-state index in [4.69, 9.17) is 29.0 Å². The van der Waals surface area contributed by atoms with E-state index < -0.39 is 0 Å². The Balaban J connectivity index is 1.99. The van der Waals surface area contributed by atoms with Gasteiger partial charge in [0, 0.05) is 6.54 Å². The maximum Gasteiger partial charge on any atom is 0.161 e. The quantitative estimate of drug-likeness (QED) is 0.583. The van der Waals surface area contributed by atoms with E-state index in [0.717, 1.165) is 12.5 Å². The van der Waals surface area contributed by atoms with Crippen LogP contribution in [-0.4, -0.2) is 11.5 Å². The molecule has 0 radical (unpaired) electrons. The molecule has 1 saturated carbocycles. The van der Waals surface area contributed by atoms with E-state index in [9.17, 15) is 0 Å². The third kappa shape index (κ3) is 3.88. The number of aromatic nitrogens is 1. The van der Waals surface area contributed by atoms with E-state index >= 15 is 0 Å². The van der Waals surface area contributed by atoms with Crippen LogP contribution in [0.15, 0.2) is 6.07 Å². The Hall–Kier alpha value is -0.710. The van der Waals surface area contributed by atoms with Gasteiger partial charge in [0.2, 0.25) is 0 Å². The summed E-state index contributed by atoms with van der Waals surface area (Å²) < 4.78 is 0. The Labute approximate surface area is 124 Å². The van der Waals surface area contributed by atoms with Crippen LogP contribution in [0.25, 0.3) is 0 Å². The molecule has 1 aliphatic rings. The maximum absolute atomic E-state index is 6.13. The number of nitrogens with zero attached hydrogens (tertiary/aromatic N) is 1. The molecule has 0 saturated heterocycles. The van der Waals surface area contributed by atoms with E-state index in [1.165, 1.54) is 25.7 Å². The normalized spacial score (nSPS) is 23.2.